The van der Waals surface area contributed by atoms with E-state index in [-0.39, 0.29) is 31.1 Å². The number of hydrogen-bond acceptors (Lipinski definition) is 6. The molecule has 0 aromatic heterocycles. The molecule has 0 aliphatic heterocycles. The molecule has 0 radical (unpaired) electrons. The molecule has 76 heavy (non-hydrogen) atoms. The summed E-state index contributed by atoms with van der Waals surface area (Å²) < 4.78 is 16.8. The molecule has 0 saturated heterocycles. The lowest BCUT2D eigenvalue weighted by atomic mass is 10.0. The molecule has 1 unspecified atom stereocenters. The van der Waals surface area contributed by atoms with Gasteiger partial charge in [-0.2, -0.15) is 0 Å². The zero-order chi connectivity index (χ0) is 55.0. The molecule has 0 bridgehead atoms. The Morgan fingerprint density at radius 1 is 0.276 bits per heavy atom. The molecule has 0 aromatic rings. The third kappa shape index (κ3) is 60.9. The van der Waals surface area contributed by atoms with Crippen LogP contribution in [-0.2, 0) is 28.6 Å². The van der Waals surface area contributed by atoms with Gasteiger partial charge in [0, 0.05) is 19.3 Å². The highest BCUT2D eigenvalue weighted by Crippen LogP contribution is 2.16. The summed E-state index contributed by atoms with van der Waals surface area (Å²) in [6, 6.07) is 0. The van der Waals surface area contributed by atoms with Crippen molar-refractivity contribution in [2.45, 2.75) is 303 Å². The number of rotatable bonds is 57. The van der Waals surface area contributed by atoms with Gasteiger partial charge < -0.3 is 14.2 Å². The maximum absolute atomic E-state index is 12.8. The van der Waals surface area contributed by atoms with E-state index in [1.54, 1.807) is 0 Å². The minimum Gasteiger partial charge on any atom is -0.462 e. The highest BCUT2D eigenvalue weighted by molar-refractivity contribution is 5.71. The Hall–Kier alpha value is -3.93. The summed E-state index contributed by atoms with van der Waals surface area (Å²) in [6.45, 7) is 6.52. The largest absolute Gasteiger partial charge is 0.462 e. The first kappa shape index (κ1) is 72.1. The highest BCUT2D eigenvalue weighted by atomic mass is 16.6. The molecule has 0 N–H and O–H groups in total. The number of carbonyl (C=O) groups is 3. The fraction of sp³-hybridized carbons (Fsp3) is 0.700. The van der Waals surface area contributed by atoms with E-state index >= 15 is 0 Å². The summed E-state index contributed by atoms with van der Waals surface area (Å²) >= 11 is 0. The van der Waals surface area contributed by atoms with E-state index < -0.39 is 6.10 Å². The van der Waals surface area contributed by atoms with E-state index in [1.165, 1.54) is 135 Å². The van der Waals surface area contributed by atoms with Crippen LogP contribution in [0.3, 0.4) is 0 Å². The van der Waals surface area contributed by atoms with Crippen LogP contribution in [0.5, 0.6) is 0 Å². The van der Waals surface area contributed by atoms with Crippen molar-refractivity contribution in [3.05, 3.63) is 109 Å². The molecule has 6 nitrogen and oxygen atoms in total. The molecule has 0 aromatic carbocycles. The number of allylic oxidation sites excluding steroid dienone is 18. The number of carbonyl (C=O) groups excluding carboxylic acids is 3. The summed E-state index contributed by atoms with van der Waals surface area (Å²) in [4.78, 5) is 38.1. The standard InChI is InChI=1S/C70H118O6/c1-4-7-10-13-16-19-22-24-25-26-27-28-29-30-31-32-33-34-35-36-37-38-39-40-41-42-43-44-45-47-48-51-54-57-60-63-69(72)75-66-67(65-74-68(71)62-59-56-53-50-21-18-15-12-9-6-3)76-70(73)64-61-58-55-52-49-46-23-20-17-14-11-8-5-2/h7,10,16,19,24-25,27-28,30-31,33-34,36-37,39-40,42-43,67H,4-6,8-9,11-15,17-18,20-23,26,29,32,35,38,41,44-66H2,1-3H3/b10-7-,19-16-,25-24-,28-27-,31-30-,34-33-,37-36-,40-39-,43-42-. The van der Waals surface area contributed by atoms with Gasteiger partial charge in [0.05, 0.1) is 0 Å². The predicted molar refractivity (Wildman–Crippen MR) is 330 cm³/mol. The SMILES string of the molecule is CC/C=C\C/C=C\C/C=C\C/C=C\C/C=C\C/C=C\C/C=C\C/C=C\C/C=C\CCCCCCCCCC(=O)OCC(COC(=O)CCCCCCCCCCCC)OC(=O)CCCCCCCCCCCCCCC. The van der Waals surface area contributed by atoms with E-state index in [2.05, 4.69) is 130 Å². The topological polar surface area (TPSA) is 78.9 Å². The predicted octanol–water partition coefficient (Wildman–Crippen LogP) is 21.8. The first-order chi connectivity index (χ1) is 37.5. The quantitative estimate of drug-likeness (QED) is 0.0261. The Bertz CT molecular complexity index is 1540. The van der Waals surface area contributed by atoms with Crippen molar-refractivity contribution in [1.29, 1.82) is 0 Å². The average Bonchev–Trinajstić information content (AvgIpc) is 3.42. The Kier molecular flexibility index (Phi) is 60.3. The average molecular weight is 1060 g/mol. The first-order valence-corrected chi connectivity index (χ1v) is 31.9. The second-order valence-corrected chi connectivity index (χ2v) is 21.0. The van der Waals surface area contributed by atoms with Crippen molar-refractivity contribution in [2.24, 2.45) is 0 Å². The molecule has 1 atom stereocenters. The van der Waals surface area contributed by atoms with Gasteiger partial charge in [-0.1, -0.05) is 297 Å². The minimum absolute atomic E-state index is 0.0772. The van der Waals surface area contributed by atoms with Gasteiger partial charge in [0.2, 0.25) is 0 Å². The van der Waals surface area contributed by atoms with Crippen LogP contribution in [0.4, 0.5) is 0 Å². The van der Waals surface area contributed by atoms with E-state index in [0.717, 1.165) is 122 Å². The smallest absolute Gasteiger partial charge is 0.306 e. The Balaban J connectivity index is 4.17. The molecular weight excluding hydrogens is 937 g/mol. The van der Waals surface area contributed by atoms with Crippen molar-refractivity contribution in [3.63, 3.8) is 0 Å². The van der Waals surface area contributed by atoms with Crippen LogP contribution < -0.4 is 0 Å². The van der Waals surface area contributed by atoms with Crippen molar-refractivity contribution < 1.29 is 28.6 Å². The fourth-order valence-electron chi connectivity index (χ4n) is 8.79. The maximum atomic E-state index is 12.8. The van der Waals surface area contributed by atoms with Gasteiger partial charge >= 0.3 is 17.9 Å². The van der Waals surface area contributed by atoms with Crippen LogP contribution in [0, 0.1) is 0 Å². The number of hydrogen-bond donors (Lipinski definition) is 0. The van der Waals surface area contributed by atoms with Gasteiger partial charge in [-0.3, -0.25) is 14.4 Å². The minimum atomic E-state index is -0.778. The third-order valence-electron chi connectivity index (χ3n) is 13.5. The summed E-state index contributed by atoms with van der Waals surface area (Å²) in [5.74, 6) is -0.883. The lowest BCUT2D eigenvalue weighted by Gasteiger charge is -2.18. The number of unbranched alkanes of at least 4 members (excludes halogenated alkanes) is 28. The van der Waals surface area contributed by atoms with Crippen LogP contribution in [0.1, 0.15) is 297 Å². The summed E-state index contributed by atoms with van der Waals surface area (Å²) in [6.07, 6.45) is 86.7. The van der Waals surface area contributed by atoms with Crippen LogP contribution in [0.2, 0.25) is 0 Å². The molecule has 0 saturated carbocycles. The molecule has 0 fully saturated rings. The van der Waals surface area contributed by atoms with E-state index in [4.69, 9.17) is 14.2 Å². The van der Waals surface area contributed by atoms with E-state index in [1.807, 2.05) is 0 Å². The fourth-order valence-corrected chi connectivity index (χ4v) is 8.79. The lowest BCUT2D eigenvalue weighted by Crippen LogP contribution is -2.30. The Labute approximate surface area is 470 Å². The molecule has 434 valence electrons. The maximum Gasteiger partial charge on any atom is 0.306 e. The summed E-state index contributed by atoms with van der Waals surface area (Å²) in [7, 11) is 0. The Morgan fingerprint density at radius 2 is 0.513 bits per heavy atom. The monoisotopic (exact) mass is 1050 g/mol. The van der Waals surface area contributed by atoms with E-state index in [9.17, 15) is 14.4 Å². The zero-order valence-corrected chi connectivity index (χ0v) is 49.7. The van der Waals surface area contributed by atoms with Crippen molar-refractivity contribution in [3.8, 4) is 0 Å². The zero-order valence-electron chi connectivity index (χ0n) is 49.7. The van der Waals surface area contributed by atoms with Gasteiger partial charge in [0.15, 0.2) is 6.10 Å². The summed E-state index contributed by atoms with van der Waals surface area (Å²) in [5.41, 5.74) is 0. The molecule has 0 rings (SSSR count). The molecular formula is C70H118O6. The lowest BCUT2D eigenvalue weighted by molar-refractivity contribution is -0.167. The molecule has 0 heterocycles. The highest BCUT2D eigenvalue weighted by Gasteiger charge is 2.19. The molecule has 0 amide bonds. The molecule has 6 heteroatoms. The van der Waals surface area contributed by atoms with Gasteiger partial charge in [-0.15, -0.1) is 0 Å². The normalized spacial score (nSPS) is 12.8. The van der Waals surface area contributed by atoms with Gasteiger partial charge in [0.1, 0.15) is 13.2 Å². The van der Waals surface area contributed by atoms with E-state index in [0.29, 0.717) is 19.3 Å². The summed E-state index contributed by atoms with van der Waals surface area (Å²) in [5, 5.41) is 0. The van der Waals surface area contributed by atoms with Crippen LogP contribution in [0.25, 0.3) is 0 Å². The van der Waals surface area contributed by atoms with Gasteiger partial charge in [-0.05, 0) is 89.9 Å². The molecule has 0 aliphatic carbocycles. The molecule has 0 spiro atoms. The number of esters is 3. The van der Waals surface area contributed by atoms with Crippen molar-refractivity contribution in [2.75, 3.05) is 13.2 Å². The second kappa shape index (κ2) is 63.6. The second-order valence-electron chi connectivity index (χ2n) is 21.0. The van der Waals surface area contributed by atoms with Gasteiger partial charge in [-0.25, -0.2) is 0 Å². The van der Waals surface area contributed by atoms with Crippen molar-refractivity contribution in [1.82, 2.24) is 0 Å². The molecule has 0 aliphatic rings. The van der Waals surface area contributed by atoms with Crippen LogP contribution >= 0.6 is 0 Å². The first-order valence-electron chi connectivity index (χ1n) is 31.9. The third-order valence-corrected chi connectivity index (χ3v) is 13.5. The Morgan fingerprint density at radius 3 is 0.803 bits per heavy atom. The van der Waals surface area contributed by atoms with Crippen LogP contribution in [-0.4, -0.2) is 37.2 Å². The number of ether oxygens (including phenoxy) is 3. The van der Waals surface area contributed by atoms with Crippen LogP contribution in [0.15, 0.2) is 109 Å². The van der Waals surface area contributed by atoms with Crippen molar-refractivity contribution >= 4 is 17.9 Å². The van der Waals surface area contributed by atoms with Gasteiger partial charge in [0.25, 0.3) is 0 Å².